The van der Waals surface area contributed by atoms with Gasteiger partial charge in [0.25, 0.3) is 0 Å². The quantitative estimate of drug-likeness (QED) is 0.364. The van der Waals surface area contributed by atoms with E-state index in [2.05, 4.69) is 4.74 Å². The van der Waals surface area contributed by atoms with Crippen molar-refractivity contribution in [2.24, 2.45) is 0 Å². The molecule has 0 bridgehead atoms. The molecule has 0 N–H and O–H groups in total. The molecule has 2 aromatic rings. The minimum atomic E-state index is -3.08. The fourth-order valence-corrected chi connectivity index (χ4v) is 3.18. The smallest absolute Gasteiger partial charge is 0.387 e. The summed E-state index contributed by atoms with van der Waals surface area (Å²) < 4.78 is 41.2. The van der Waals surface area contributed by atoms with Crippen molar-refractivity contribution in [2.75, 3.05) is 18.1 Å². The number of ether oxygens (including phenoxy) is 3. The van der Waals surface area contributed by atoms with Crippen LogP contribution in [0, 0.1) is 0 Å². The Morgan fingerprint density at radius 1 is 0.848 bits per heavy atom. The maximum absolute atomic E-state index is 13.0. The number of hydrogen-bond acceptors (Lipinski definition) is 6. The molecule has 1 aliphatic heterocycles. The second-order valence-corrected chi connectivity index (χ2v) is 7.13. The molecule has 0 unspecified atom stereocenters. The fraction of sp³-hybridized carbons (Fsp3) is 0.348. The van der Waals surface area contributed by atoms with Gasteiger partial charge in [-0.15, -0.1) is 0 Å². The number of halogens is 2. The van der Waals surface area contributed by atoms with Crippen molar-refractivity contribution in [1.29, 1.82) is 0 Å². The molecule has 1 aliphatic rings. The van der Waals surface area contributed by atoms with Gasteiger partial charge in [0.1, 0.15) is 5.75 Å². The van der Waals surface area contributed by atoms with Gasteiger partial charge >= 0.3 is 24.5 Å². The summed E-state index contributed by atoms with van der Waals surface area (Å²) in [5, 5.41) is 0. The summed E-state index contributed by atoms with van der Waals surface area (Å²) in [5.41, 5.74) is 0.289. The lowest BCUT2D eigenvalue weighted by atomic mass is 10.2. The first-order valence-corrected chi connectivity index (χ1v) is 10.5. The second kappa shape index (κ2) is 10.8. The molecule has 0 radical (unpaired) electrons. The van der Waals surface area contributed by atoms with Crippen LogP contribution >= 0.6 is 0 Å². The number of benzene rings is 2. The molecule has 0 aromatic heterocycles. The number of amides is 4. The van der Waals surface area contributed by atoms with Crippen molar-refractivity contribution < 1.29 is 37.4 Å². The molecule has 0 atom stereocenters. The minimum absolute atomic E-state index is 0.132. The lowest BCUT2D eigenvalue weighted by Gasteiger charge is -2.19. The molecule has 0 aliphatic carbocycles. The number of rotatable bonds is 11. The molecule has 4 amide bonds. The zero-order valence-electron chi connectivity index (χ0n) is 18.3. The Morgan fingerprint density at radius 2 is 1.52 bits per heavy atom. The Balaban J connectivity index is 1.88. The zero-order chi connectivity index (χ0) is 24.0. The number of carbonyl (C=O) groups is 3. The normalized spacial score (nSPS) is 13.8. The van der Waals surface area contributed by atoms with E-state index >= 15 is 0 Å². The van der Waals surface area contributed by atoms with Gasteiger partial charge in [-0.1, -0.05) is 32.0 Å². The number of para-hydroxylation sites is 1. The van der Waals surface area contributed by atoms with Crippen molar-refractivity contribution in [2.45, 2.75) is 39.8 Å². The van der Waals surface area contributed by atoms with Crippen LogP contribution in [0.3, 0.4) is 0 Å². The maximum Gasteiger partial charge on any atom is 0.387 e. The highest BCUT2D eigenvalue weighted by atomic mass is 19.3. The maximum atomic E-state index is 13.0. The van der Waals surface area contributed by atoms with Crippen molar-refractivity contribution in [3.05, 3.63) is 48.0 Å². The molecular weight excluding hydrogens is 438 g/mol. The predicted octanol–water partition coefficient (Wildman–Crippen LogP) is 4.36. The van der Waals surface area contributed by atoms with Crippen LogP contribution in [-0.4, -0.2) is 42.6 Å². The van der Waals surface area contributed by atoms with E-state index in [-0.39, 0.29) is 17.0 Å². The van der Waals surface area contributed by atoms with E-state index in [4.69, 9.17) is 9.47 Å². The third-order valence-electron chi connectivity index (χ3n) is 4.68. The van der Waals surface area contributed by atoms with E-state index in [1.165, 1.54) is 30.3 Å². The van der Waals surface area contributed by atoms with Gasteiger partial charge in [0, 0.05) is 11.6 Å². The van der Waals surface area contributed by atoms with Crippen LogP contribution in [0.4, 0.5) is 19.3 Å². The van der Waals surface area contributed by atoms with Gasteiger partial charge in [-0.2, -0.15) is 8.78 Å². The van der Waals surface area contributed by atoms with Crippen LogP contribution in [0.25, 0.3) is 0 Å². The van der Waals surface area contributed by atoms with E-state index in [1.807, 2.05) is 13.8 Å². The Kier molecular flexibility index (Phi) is 7.81. The second-order valence-electron chi connectivity index (χ2n) is 7.13. The van der Waals surface area contributed by atoms with E-state index in [0.29, 0.717) is 29.6 Å². The molecule has 10 heteroatoms. The summed E-state index contributed by atoms with van der Waals surface area (Å²) >= 11 is 0. The van der Waals surface area contributed by atoms with Gasteiger partial charge in [-0.25, -0.2) is 9.69 Å². The van der Waals surface area contributed by atoms with Crippen LogP contribution in [0.5, 0.6) is 17.2 Å². The van der Waals surface area contributed by atoms with E-state index in [1.54, 1.807) is 12.1 Å². The Hall–Kier alpha value is -3.69. The number of alkyl halides is 2. The zero-order valence-corrected chi connectivity index (χ0v) is 18.3. The van der Waals surface area contributed by atoms with Crippen LogP contribution in [0.15, 0.2) is 42.5 Å². The van der Waals surface area contributed by atoms with Crippen molar-refractivity contribution in [1.82, 2.24) is 4.90 Å². The fourth-order valence-electron chi connectivity index (χ4n) is 3.18. The molecule has 33 heavy (non-hydrogen) atoms. The molecule has 0 saturated carbocycles. The molecule has 8 nitrogen and oxygen atoms in total. The Labute approximate surface area is 189 Å². The number of nitrogens with zero attached hydrogens (tertiary/aromatic N) is 2. The molecule has 176 valence electrons. The lowest BCUT2D eigenvalue weighted by Crippen LogP contribution is -2.33. The van der Waals surface area contributed by atoms with E-state index < -0.39 is 31.0 Å². The summed E-state index contributed by atoms with van der Waals surface area (Å²) in [5.74, 6) is -1.53. The van der Waals surface area contributed by atoms with Crippen molar-refractivity contribution in [3.63, 3.8) is 0 Å². The largest absolute Gasteiger partial charge is 0.490 e. The van der Waals surface area contributed by atoms with Crippen LogP contribution in [0.2, 0.25) is 0 Å². The van der Waals surface area contributed by atoms with Crippen molar-refractivity contribution >= 4 is 23.5 Å². The molecule has 0 spiro atoms. The highest BCUT2D eigenvalue weighted by Gasteiger charge is 2.45. The summed E-state index contributed by atoms with van der Waals surface area (Å²) in [7, 11) is 0. The topological polar surface area (TPSA) is 85.4 Å². The van der Waals surface area contributed by atoms with Crippen LogP contribution in [0.1, 0.15) is 32.3 Å². The summed E-state index contributed by atoms with van der Waals surface area (Å²) in [4.78, 5) is 39.6. The third kappa shape index (κ3) is 5.39. The summed E-state index contributed by atoms with van der Waals surface area (Å²) in [6, 6.07) is 9.35. The van der Waals surface area contributed by atoms with Crippen LogP contribution in [-0.2, 0) is 16.1 Å². The first kappa shape index (κ1) is 24.0. The number of anilines is 1. The number of imide groups is 2. The monoisotopic (exact) mass is 462 g/mol. The van der Waals surface area contributed by atoms with Gasteiger partial charge < -0.3 is 14.2 Å². The standard InChI is InChI=1S/C23H24F2N2O6/c1-3-11-31-18-10-9-16(13-19(18)32-12-4-2)27-21(29)20(28)26(23(27)30)14-15-7-5-6-8-17(15)33-22(24)25/h5-10,13,22H,3-4,11-12,14H2,1-2H3. The third-order valence-corrected chi connectivity index (χ3v) is 4.68. The average molecular weight is 462 g/mol. The molecule has 1 heterocycles. The Morgan fingerprint density at radius 3 is 2.18 bits per heavy atom. The van der Waals surface area contributed by atoms with Crippen LogP contribution < -0.4 is 19.1 Å². The van der Waals surface area contributed by atoms with Gasteiger partial charge in [-0.3, -0.25) is 14.5 Å². The van der Waals surface area contributed by atoms with Gasteiger partial charge in [0.15, 0.2) is 11.5 Å². The number of carbonyl (C=O) groups excluding carboxylic acids is 3. The average Bonchev–Trinajstić information content (AvgIpc) is 3.00. The van der Waals surface area contributed by atoms with E-state index in [9.17, 15) is 23.2 Å². The molecule has 3 rings (SSSR count). The number of urea groups is 1. The van der Waals surface area contributed by atoms with E-state index in [0.717, 1.165) is 17.7 Å². The molecular formula is C23H24F2N2O6. The van der Waals surface area contributed by atoms with Crippen molar-refractivity contribution in [3.8, 4) is 17.2 Å². The van der Waals surface area contributed by atoms with Gasteiger partial charge in [0.2, 0.25) is 0 Å². The first-order valence-electron chi connectivity index (χ1n) is 10.5. The Bertz CT molecular complexity index is 1030. The summed E-state index contributed by atoms with van der Waals surface area (Å²) in [6.45, 7) is 1.24. The highest BCUT2D eigenvalue weighted by Crippen LogP contribution is 2.35. The van der Waals surface area contributed by atoms with Gasteiger partial charge in [-0.05, 0) is 31.0 Å². The SMILES string of the molecule is CCCOc1ccc(N2C(=O)C(=O)N(Cc3ccccc3OC(F)F)C2=O)cc1OCCC. The predicted molar refractivity (Wildman–Crippen MR) is 115 cm³/mol. The lowest BCUT2D eigenvalue weighted by molar-refractivity contribution is -0.139. The highest BCUT2D eigenvalue weighted by molar-refractivity contribution is 6.52. The molecule has 1 saturated heterocycles. The molecule has 2 aromatic carbocycles. The first-order chi connectivity index (χ1) is 15.9. The summed E-state index contributed by atoms with van der Waals surface area (Å²) in [6.07, 6.45) is 1.50. The molecule has 1 fully saturated rings. The minimum Gasteiger partial charge on any atom is -0.490 e. The number of hydrogen-bond donors (Lipinski definition) is 0. The van der Waals surface area contributed by atoms with Gasteiger partial charge in [0.05, 0.1) is 25.4 Å².